The van der Waals surface area contributed by atoms with Gasteiger partial charge < -0.3 is 10.4 Å². The molecule has 92 valence electrons. The normalized spacial score (nSPS) is 16.1. The number of nitrogens with zero attached hydrogens (tertiary/aromatic N) is 1. The number of nitrogens with one attached hydrogen (secondary N) is 1. The minimum Gasteiger partial charge on any atom is -0.388 e. The smallest absolute Gasteiger partial charge is 0.0957 e. The molecule has 0 radical (unpaired) electrons. The molecule has 0 aliphatic heterocycles. The van der Waals surface area contributed by atoms with Crippen LogP contribution in [0.25, 0.3) is 0 Å². The molecule has 1 rings (SSSR count). The van der Waals surface area contributed by atoms with Crippen LogP contribution in [0.15, 0.2) is 5.38 Å². The SMILES string of the molecule is Cc1csc(CC(C)(O)CNC(C)(C)C)n1. The van der Waals surface area contributed by atoms with E-state index in [-0.39, 0.29) is 5.54 Å². The van der Waals surface area contributed by atoms with Gasteiger partial charge in [0.1, 0.15) is 0 Å². The Morgan fingerprint density at radius 2 is 2.00 bits per heavy atom. The molecule has 1 heterocycles. The van der Waals surface area contributed by atoms with E-state index >= 15 is 0 Å². The fourth-order valence-corrected chi connectivity index (χ4v) is 2.28. The van der Waals surface area contributed by atoms with Gasteiger partial charge in [0.15, 0.2) is 0 Å². The molecule has 0 fully saturated rings. The highest BCUT2D eigenvalue weighted by atomic mass is 32.1. The van der Waals surface area contributed by atoms with E-state index in [0.717, 1.165) is 10.7 Å². The summed E-state index contributed by atoms with van der Waals surface area (Å²) >= 11 is 1.61. The Hall–Kier alpha value is -0.450. The van der Waals surface area contributed by atoms with E-state index in [1.807, 2.05) is 19.2 Å². The van der Waals surface area contributed by atoms with Gasteiger partial charge in [0.2, 0.25) is 0 Å². The van der Waals surface area contributed by atoms with Gasteiger partial charge in [-0.15, -0.1) is 11.3 Å². The van der Waals surface area contributed by atoms with E-state index in [2.05, 4.69) is 31.1 Å². The number of aliphatic hydroxyl groups is 1. The predicted octanol–water partition coefficient (Wildman–Crippen LogP) is 2.13. The maximum Gasteiger partial charge on any atom is 0.0957 e. The first-order valence-corrected chi connectivity index (χ1v) is 6.44. The molecule has 0 saturated heterocycles. The zero-order chi connectivity index (χ0) is 12.4. The zero-order valence-electron chi connectivity index (χ0n) is 10.8. The molecule has 0 spiro atoms. The Kier molecular flexibility index (Phi) is 4.10. The molecule has 1 aromatic rings. The van der Waals surface area contributed by atoms with Crippen LogP contribution in [0.5, 0.6) is 0 Å². The van der Waals surface area contributed by atoms with Crippen molar-refractivity contribution < 1.29 is 5.11 Å². The van der Waals surface area contributed by atoms with Crippen LogP contribution in [0.4, 0.5) is 0 Å². The Morgan fingerprint density at radius 3 is 2.44 bits per heavy atom. The van der Waals surface area contributed by atoms with Crippen molar-refractivity contribution in [2.24, 2.45) is 0 Å². The van der Waals surface area contributed by atoms with Gasteiger partial charge in [-0.2, -0.15) is 0 Å². The van der Waals surface area contributed by atoms with Gasteiger partial charge in [0.25, 0.3) is 0 Å². The standard InChI is InChI=1S/C12H22N2OS/c1-9-7-16-10(14-9)6-12(5,15)8-13-11(2,3)4/h7,13,15H,6,8H2,1-5H3. The van der Waals surface area contributed by atoms with E-state index in [1.165, 1.54) is 0 Å². The lowest BCUT2D eigenvalue weighted by Crippen LogP contribution is -2.47. The number of aromatic nitrogens is 1. The number of hydrogen-bond donors (Lipinski definition) is 2. The number of rotatable bonds is 4. The quantitative estimate of drug-likeness (QED) is 0.850. The van der Waals surface area contributed by atoms with Crippen LogP contribution in [0, 0.1) is 6.92 Å². The lowest BCUT2D eigenvalue weighted by atomic mass is 10.0. The Balaban J connectivity index is 2.51. The Morgan fingerprint density at radius 1 is 1.38 bits per heavy atom. The minimum absolute atomic E-state index is 0.0305. The summed E-state index contributed by atoms with van der Waals surface area (Å²) in [5.74, 6) is 0. The predicted molar refractivity (Wildman–Crippen MR) is 68.9 cm³/mol. The summed E-state index contributed by atoms with van der Waals surface area (Å²) in [4.78, 5) is 4.37. The van der Waals surface area contributed by atoms with Crippen molar-refractivity contribution in [1.82, 2.24) is 10.3 Å². The fourth-order valence-electron chi connectivity index (χ4n) is 1.33. The van der Waals surface area contributed by atoms with Crippen molar-refractivity contribution in [3.63, 3.8) is 0 Å². The first-order valence-electron chi connectivity index (χ1n) is 5.56. The molecule has 2 N–H and O–H groups in total. The summed E-state index contributed by atoms with van der Waals surface area (Å²) in [7, 11) is 0. The lowest BCUT2D eigenvalue weighted by molar-refractivity contribution is 0.0534. The molecule has 0 bridgehead atoms. The largest absolute Gasteiger partial charge is 0.388 e. The van der Waals surface area contributed by atoms with Gasteiger partial charge in [0.05, 0.1) is 10.6 Å². The van der Waals surface area contributed by atoms with Crippen LogP contribution in [0.3, 0.4) is 0 Å². The highest BCUT2D eigenvalue weighted by Crippen LogP contribution is 2.17. The van der Waals surface area contributed by atoms with Crippen molar-refractivity contribution in [1.29, 1.82) is 0 Å². The summed E-state index contributed by atoms with van der Waals surface area (Å²) in [6.07, 6.45) is 0.606. The van der Waals surface area contributed by atoms with Gasteiger partial charge in [0, 0.05) is 29.6 Å². The Bertz CT molecular complexity index is 339. The fraction of sp³-hybridized carbons (Fsp3) is 0.750. The topological polar surface area (TPSA) is 45.1 Å². The van der Waals surface area contributed by atoms with Gasteiger partial charge in [-0.25, -0.2) is 4.98 Å². The first kappa shape index (κ1) is 13.6. The summed E-state index contributed by atoms with van der Waals surface area (Å²) in [5.41, 5.74) is 0.319. The molecule has 1 unspecified atom stereocenters. The van der Waals surface area contributed by atoms with Gasteiger partial charge in [-0.05, 0) is 34.6 Å². The molecule has 0 aromatic carbocycles. The summed E-state index contributed by atoms with van der Waals surface area (Å²) in [5, 5.41) is 16.6. The second-order valence-electron chi connectivity index (χ2n) is 5.66. The second kappa shape index (κ2) is 4.82. The maximum atomic E-state index is 10.2. The van der Waals surface area contributed by atoms with Gasteiger partial charge in [-0.1, -0.05) is 0 Å². The molecule has 0 aliphatic carbocycles. The number of hydrogen-bond acceptors (Lipinski definition) is 4. The molecule has 3 nitrogen and oxygen atoms in total. The van der Waals surface area contributed by atoms with Crippen LogP contribution in [0.1, 0.15) is 38.4 Å². The van der Waals surface area contributed by atoms with E-state index in [4.69, 9.17) is 0 Å². The number of β-amino-alcohol motifs (C(OH)–C–C–N with tert-alkyl or cyclic N) is 1. The van der Waals surface area contributed by atoms with E-state index in [1.54, 1.807) is 11.3 Å². The zero-order valence-corrected chi connectivity index (χ0v) is 11.6. The van der Waals surface area contributed by atoms with Crippen LogP contribution >= 0.6 is 11.3 Å². The highest BCUT2D eigenvalue weighted by molar-refractivity contribution is 7.09. The third-order valence-electron chi connectivity index (χ3n) is 2.20. The van der Waals surface area contributed by atoms with E-state index < -0.39 is 5.60 Å². The van der Waals surface area contributed by atoms with E-state index in [0.29, 0.717) is 13.0 Å². The minimum atomic E-state index is -0.739. The van der Waals surface area contributed by atoms with Crippen molar-refractivity contribution in [2.45, 2.75) is 52.2 Å². The number of aryl methyl sites for hydroxylation is 1. The van der Waals surface area contributed by atoms with Gasteiger partial charge in [-0.3, -0.25) is 0 Å². The van der Waals surface area contributed by atoms with Crippen molar-refractivity contribution in [3.8, 4) is 0 Å². The first-order chi connectivity index (χ1) is 7.18. The third-order valence-corrected chi connectivity index (χ3v) is 3.16. The second-order valence-corrected chi connectivity index (χ2v) is 6.60. The van der Waals surface area contributed by atoms with Crippen molar-refractivity contribution >= 4 is 11.3 Å². The van der Waals surface area contributed by atoms with Crippen molar-refractivity contribution in [2.75, 3.05) is 6.54 Å². The number of thiazole rings is 1. The summed E-state index contributed by atoms with van der Waals surface area (Å²) in [6, 6.07) is 0. The van der Waals surface area contributed by atoms with Crippen LogP contribution < -0.4 is 5.32 Å². The molecule has 1 aromatic heterocycles. The molecule has 16 heavy (non-hydrogen) atoms. The van der Waals surface area contributed by atoms with Crippen LogP contribution in [0.2, 0.25) is 0 Å². The monoisotopic (exact) mass is 242 g/mol. The Labute approximate surface area is 102 Å². The lowest BCUT2D eigenvalue weighted by Gasteiger charge is -2.28. The average molecular weight is 242 g/mol. The summed E-state index contributed by atoms with van der Waals surface area (Å²) < 4.78 is 0. The van der Waals surface area contributed by atoms with Crippen molar-refractivity contribution in [3.05, 3.63) is 16.1 Å². The molecule has 1 atom stereocenters. The average Bonchev–Trinajstić information content (AvgIpc) is 2.46. The highest BCUT2D eigenvalue weighted by Gasteiger charge is 2.24. The maximum absolute atomic E-state index is 10.2. The summed E-state index contributed by atoms with van der Waals surface area (Å²) in [6.45, 7) is 10.7. The van der Waals surface area contributed by atoms with Crippen LogP contribution in [-0.2, 0) is 6.42 Å². The molecule has 0 saturated carbocycles. The molecule has 0 aliphatic rings. The molecular formula is C12H22N2OS. The van der Waals surface area contributed by atoms with E-state index in [9.17, 15) is 5.11 Å². The third kappa shape index (κ3) is 5.05. The molecular weight excluding hydrogens is 220 g/mol. The van der Waals surface area contributed by atoms with Crippen LogP contribution in [-0.4, -0.2) is 27.8 Å². The molecule has 4 heteroatoms. The molecule has 0 amide bonds. The van der Waals surface area contributed by atoms with Gasteiger partial charge >= 0.3 is 0 Å².